The van der Waals surface area contributed by atoms with Gasteiger partial charge in [-0.05, 0) is 44.8 Å². The quantitative estimate of drug-likeness (QED) is 0.197. The van der Waals surface area contributed by atoms with Crippen molar-refractivity contribution >= 4 is 64.2 Å². The lowest BCUT2D eigenvalue weighted by atomic mass is 10.2. The molecule has 0 bridgehead atoms. The van der Waals surface area contributed by atoms with Crippen molar-refractivity contribution in [3.05, 3.63) is 132 Å². The van der Waals surface area contributed by atoms with Crippen molar-refractivity contribution in [3.63, 3.8) is 0 Å². The first-order valence-electron chi connectivity index (χ1n) is 11.3. The molecule has 0 amide bonds. The molecule has 0 saturated carbocycles. The molecule has 1 heterocycles. The van der Waals surface area contributed by atoms with E-state index in [1.54, 1.807) is 0 Å². The van der Waals surface area contributed by atoms with Crippen LogP contribution in [0, 0.1) is 0 Å². The van der Waals surface area contributed by atoms with Crippen LogP contribution in [0.3, 0.4) is 0 Å². The maximum Gasteiger partial charge on any atom is 0.256 e. The Morgan fingerprint density at radius 3 is 1.31 bits per heavy atom. The van der Waals surface area contributed by atoms with E-state index in [4.69, 9.17) is 47.3 Å². The third kappa shape index (κ3) is 5.77. The van der Waals surface area contributed by atoms with Gasteiger partial charge < -0.3 is 0 Å². The Morgan fingerprint density at radius 1 is 0.500 bits per heavy atom. The number of hydrogen-bond acceptors (Lipinski definition) is 4. The minimum atomic E-state index is -3.15. The Kier molecular flexibility index (Phi) is 7.97. The molecule has 0 aromatic heterocycles. The Labute approximate surface area is 227 Å². The van der Waals surface area contributed by atoms with Gasteiger partial charge in [-0.2, -0.15) is 4.52 Å². The lowest BCUT2D eigenvalue weighted by Gasteiger charge is -2.35. The van der Waals surface area contributed by atoms with E-state index in [-0.39, 0.29) is 0 Å². The summed E-state index contributed by atoms with van der Waals surface area (Å²) in [5.41, 5.74) is 2.22. The minimum absolute atomic E-state index is 0.553. The van der Waals surface area contributed by atoms with E-state index in [0.29, 0.717) is 13.1 Å². The Bertz CT molecular complexity index is 1410. The molecule has 0 N–H and O–H groups in total. The van der Waals surface area contributed by atoms with Gasteiger partial charge in [0.2, 0.25) is 6.71 Å². The molecule has 184 valence electrons. The maximum absolute atomic E-state index is 7.54. The molecule has 0 aliphatic carbocycles. The minimum Gasteiger partial charge on any atom is -0.231 e. The van der Waals surface area contributed by atoms with Crippen molar-refractivity contribution in [3.8, 4) is 0 Å². The summed E-state index contributed by atoms with van der Waals surface area (Å²) in [6.45, 7) is -1.98. The van der Waals surface area contributed by atoms with Crippen LogP contribution in [0.2, 0.25) is 0 Å². The third-order valence-corrected chi connectivity index (χ3v) is 18.7. The van der Waals surface area contributed by atoms with E-state index >= 15 is 0 Å². The molecule has 4 aromatic rings. The van der Waals surface area contributed by atoms with Gasteiger partial charge in [-0.3, -0.25) is 0 Å². The summed E-state index contributed by atoms with van der Waals surface area (Å²) >= 11 is 21.4. The average Bonchev–Trinajstić information content (AvgIpc) is 2.89. The van der Waals surface area contributed by atoms with Gasteiger partial charge in [0.15, 0.2) is 0 Å². The Hall–Kier alpha value is -1.60. The molecular weight excluding hydrogens is 568 g/mol. The summed E-state index contributed by atoms with van der Waals surface area (Å²) < 4.78 is 17.4. The zero-order chi connectivity index (χ0) is 25.1. The van der Waals surface area contributed by atoms with Crippen LogP contribution in [0.1, 0.15) is 11.1 Å². The zero-order valence-electron chi connectivity index (χ0n) is 19.2. The molecule has 0 radical (unpaired) electrons. The highest BCUT2D eigenvalue weighted by atomic mass is 35.9. The monoisotopic (exact) mass is 590 g/mol. The molecule has 36 heavy (non-hydrogen) atoms. The largest absolute Gasteiger partial charge is 0.256 e. The second-order valence-electron chi connectivity index (χ2n) is 8.29. The number of hydrogen-bond donors (Lipinski definition) is 0. The molecule has 1 aliphatic heterocycles. The molecule has 1 atom stereocenters. The second-order valence-corrected chi connectivity index (χ2v) is 19.8. The summed E-state index contributed by atoms with van der Waals surface area (Å²) in [6.07, 6.45) is 0. The normalized spacial score (nSPS) is 20.1. The first-order valence-corrected chi connectivity index (χ1v) is 19.1. The highest BCUT2D eigenvalue weighted by Gasteiger charge is 2.40. The molecule has 0 unspecified atom stereocenters. The predicted octanol–water partition coefficient (Wildman–Crippen LogP) is 10.1. The topological polar surface area (TPSA) is 40.3 Å². The van der Waals surface area contributed by atoms with Crippen molar-refractivity contribution in [2.24, 2.45) is 13.5 Å². The maximum atomic E-state index is 7.54. The molecular formula is C26H24Cl3N4P3. The van der Waals surface area contributed by atoms with E-state index in [1.165, 1.54) is 0 Å². The fourth-order valence-electron chi connectivity index (χ4n) is 4.08. The standard InChI is InChI=1S/C26H24Cl3N4P3/c27-35(28)30-34(25-17-9-3-10-18-25,26-19-11-4-12-20-26)31-36(29,32-35)33(21-23-13-5-1-6-14-23)22-24-15-7-2-8-16-24/h1-20H,21-22H2/t36-/m0/s1. The van der Waals surface area contributed by atoms with Gasteiger partial charge in [-0.1, -0.05) is 121 Å². The lowest BCUT2D eigenvalue weighted by molar-refractivity contribution is 0.446. The van der Waals surface area contributed by atoms with Crippen LogP contribution in [0.15, 0.2) is 135 Å². The van der Waals surface area contributed by atoms with Crippen molar-refractivity contribution in [1.29, 1.82) is 0 Å². The van der Waals surface area contributed by atoms with E-state index in [2.05, 4.69) is 28.9 Å². The molecule has 0 fully saturated rings. The highest BCUT2D eigenvalue weighted by Crippen LogP contribution is 2.84. The zero-order valence-corrected chi connectivity index (χ0v) is 24.2. The molecule has 10 heteroatoms. The molecule has 4 nitrogen and oxygen atoms in total. The summed E-state index contributed by atoms with van der Waals surface area (Å²) in [4.78, 5) is 0. The summed E-state index contributed by atoms with van der Waals surface area (Å²) in [7, 11) is -2.78. The van der Waals surface area contributed by atoms with Crippen molar-refractivity contribution in [2.45, 2.75) is 13.1 Å². The second kappa shape index (κ2) is 11.0. The van der Waals surface area contributed by atoms with Gasteiger partial charge in [0.05, 0.1) is 0 Å². The van der Waals surface area contributed by atoms with E-state index in [1.807, 2.05) is 97.1 Å². The predicted molar refractivity (Wildman–Crippen MR) is 160 cm³/mol. The summed E-state index contributed by atoms with van der Waals surface area (Å²) in [5.74, 6) is -3.15. The molecule has 0 spiro atoms. The Morgan fingerprint density at radius 2 is 0.889 bits per heavy atom. The number of rotatable bonds is 7. The third-order valence-electron chi connectivity index (χ3n) is 5.71. The fourth-order valence-corrected chi connectivity index (χ4v) is 20.0. The van der Waals surface area contributed by atoms with Crippen molar-refractivity contribution < 1.29 is 0 Å². The van der Waals surface area contributed by atoms with Crippen LogP contribution >= 0.6 is 53.5 Å². The molecule has 4 aromatic carbocycles. The van der Waals surface area contributed by atoms with Crippen molar-refractivity contribution in [1.82, 2.24) is 4.67 Å². The van der Waals surface area contributed by atoms with Gasteiger partial charge in [0.25, 0.3) is 5.91 Å². The highest BCUT2D eigenvalue weighted by molar-refractivity contribution is 8.16. The van der Waals surface area contributed by atoms with Crippen LogP contribution < -0.4 is 10.6 Å². The van der Waals surface area contributed by atoms with E-state index < -0.39 is 19.8 Å². The average molecular weight is 592 g/mol. The first-order chi connectivity index (χ1) is 17.4. The van der Waals surface area contributed by atoms with Gasteiger partial charge in [0, 0.05) is 23.7 Å². The van der Waals surface area contributed by atoms with Crippen LogP contribution in [0.25, 0.3) is 0 Å². The number of halogens is 3. The van der Waals surface area contributed by atoms with Crippen LogP contribution in [-0.4, -0.2) is 4.67 Å². The summed E-state index contributed by atoms with van der Waals surface area (Å²) in [6, 6.07) is 40.4. The number of nitrogens with zero attached hydrogens (tertiary/aromatic N) is 4. The lowest BCUT2D eigenvalue weighted by Crippen LogP contribution is -2.20. The SMILES string of the molecule is ClP1(Cl)=N[P@@](Cl)(N(Cc2ccccc2)Cc2ccccc2)=NP(c2ccccc2)(c2ccccc2)=N1. The van der Waals surface area contributed by atoms with Gasteiger partial charge in [-0.15, -0.1) is 0 Å². The fraction of sp³-hybridized carbons (Fsp3) is 0.0769. The van der Waals surface area contributed by atoms with Crippen molar-refractivity contribution in [2.75, 3.05) is 0 Å². The Balaban J connectivity index is 1.76. The smallest absolute Gasteiger partial charge is 0.231 e. The molecule has 1 aliphatic rings. The van der Waals surface area contributed by atoms with Crippen LogP contribution in [0.5, 0.6) is 0 Å². The first kappa shape index (κ1) is 26.0. The van der Waals surface area contributed by atoms with Gasteiger partial charge >= 0.3 is 0 Å². The van der Waals surface area contributed by atoms with E-state index in [0.717, 1.165) is 21.7 Å². The van der Waals surface area contributed by atoms with Gasteiger partial charge in [0.1, 0.15) is 7.21 Å². The molecule has 0 saturated heterocycles. The van der Waals surface area contributed by atoms with Crippen LogP contribution in [0.4, 0.5) is 0 Å². The molecule has 5 rings (SSSR count). The van der Waals surface area contributed by atoms with E-state index in [9.17, 15) is 0 Å². The van der Waals surface area contributed by atoms with Gasteiger partial charge in [-0.25, -0.2) is 13.7 Å². The number of benzene rings is 4. The van der Waals surface area contributed by atoms with Crippen LogP contribution in [-0.2, 0) is 13.1 Å². The summed E-state index contributed by atoms with van der Waals surface area (Å²) in [5, 5.41) is 1.92.